The van der Waals surface area contributed by atoms with Crippen LogP contribution >= 0.6 is 0 Å². The van der Waals surface area contributed by atoms with Gasteiger partial charge in [-0.1, -0.05) is 36.4 Å². The summed E-state index contributed by atoms with van der Waals surface area (Å²) in [4.78, 5) is 39.9. The first-order valence-corrected chi connectivity index (χ1v) is 24.8. The summed E-state index contributed by atoms with van der Waals surface area (Å²) in [6, 6.07) is 24.3. The Morgan fingerprint density at radius 1 is 0.522 bits per heavy atom. The minimum absolute atomic E-state index is 0.0500. The predicted molar refractivity (Wildman–Crippen MR) is 257 cm³/mol. The third kappa shape index (κ3) is 18.4. The van der Waals surface area contributed by atoms with Crippen molar-refractivity contribution in [2.75, 3.05) is 33.6 Å². The number of nitrogen functional groups attached to an aromatic ring is 4. The molecular formula is C44H50F2N10O10S3. The zero-order valence-electron chi connectivity index (χ0n) is 37.1. The van der Waals surface area contributed by atoms with Crippen LogP contribution in [-0.2, 0) is 56.5 Å². The molecule has 0 bridgehead atoms. The lowest BCUT2D eigenvalue weighted by Gasteiger charge is -2.09. The van der Waals surface area contributed by atoms with Gasteiger partial charge in [0, 0.05) is 45.0 Å². The molecule has 2 aromatic heterocycles. The van der Waals surface area contributed by atoms with Crippen molar-refractivity contribution in [1.82, 2.24) is 19.9 Å². The Morgan fingerprint density at radius 3 is 1.14 bits per heavy atom. The first-order valence-electron chi connectivity index (χ1n) is 20.6. The molecule has 4 aromatic carbocycles. The third-order valence-electron chi connectivity index (χ3n) is 9.99. The van der Waals surface area contributed by atoms with Crippen LogP contribution < -0.4 is 33.6 Å². The maximum atomic E-state index is 13.1. The SMILES string of the molecule is Cc1nc(N)nc(N)c1CCCCc1ccc(NC(=O)c2cccc(S(=O)(=O)F)c2)cc1.Cc1nc(N)nc(N)c1CCCCc1ccc(NC(=O)c2cccc(S(=O)(=O)F)c2)cc1.O=S(=O)(O)O. The fourth-order valence-corrected chi connectivity index (χ4v) is 7.67. The minimum atomic E-state index is -4.87. The number of aromatic nitrogens is 4. The van der Waals surface area contributed by atoms with E-state index in [9.17, 15) is 34.2 Å². The molecular weight excluding hydrogens is 963 g/mol. The molecule has 2 heterocycles. The van der Waals surface area contributed by atoms with Crippen LogP contribution in [0, 0.1) is 13.8 Å². The number of halogens is 2. The second-order valence-electron chi connectivity index (χ2n) is 15.2. The van der Waals surface area contributed by atoms with E-state index >= 15 is 0 Å². The summed E-state index contributed by atoms with van der Waals surface area (Å²) in [5, 5.41) is 5.35. The molecule has 0 saturated heterocycles. The molecule has 0 aliphatic carbocycles. The molecule has 6 aromatic rings. The van der Waals surface area contributed by atoms with E-state index in [-0.39, 0.29) is 23.0 Å². The number of nitrogens with zero attached hydrogens (tertiary/aromatic N) is 4. The maximum Gasteiger partial charge on any atom is 0.394 e. The van der Waals surface area contributed by atoms with Crippen molar-refractivity contribution in [3.63, 3.8) is 0 Å². The summed E-state index contributed by atoms with van der Waals surface area (Å²) in [7, 11) is -14.4. The first kappa shape index (κ1) is 54.4. The molecule has 0 fully saturated rings. The molecule has 0 unspecified atom stereocenters. The molecule has 25 heteroatoms. The summed E-state index contributed by atoms with van der Waals surface area (Å²) >= 11 is 0. The summed E-state index contributed by atoms with van der Waals surface area (Å²) < 4.78 is 102. The number of nitrogens with two attached hydrogens (primary N) is 4. The zero-order chi connectivity index (χ0) is 51.1. The Kier molecular flexibility index (Phi) is 19.1. The average Bonchev–Trinajstić information content (AvgIpc) is 3.25. The Bertz CT molecular complexity index is 2870. The number of aryl methyl sites for hydroxylation is 4. The summed E-state index contributed by atoms with van der Waals surface area (Å²) in [5.74, 6) is 0.144. The van der Waals surface area contributed by atoms with Crippen molar-refractivity contribution in [3.8, 4) is 0 Å². The monoisotopic (exact) mass is 1010 g/mol. The number of benzene rings is 4. The van der Waals surface area contributed by atoms with Crippen molar-refractivity contribution >= 4 is 77.6 Å². The van der Waals surface area contributed by atoms with E-state index in [2.05, 4.69) is 30.6 Å². The lowest BCUT2D eigenvalue weighted by Crippen LogP contribution is -2.12. The van der Waals surface area contributed by atoms with E-state index in [4.69, 9.17) is 40.5 Å². The van der Waals surface area contributed by atoms with E-state index in [1.807, 2.05) is 38.1 Å². The van der Waals surface area contributed by atoms with Gasteiger partial charge < -0.3 is 33.6 Å². The number of carbonyl (C=O) groups excluding carboxylic acids is 2. The number of hydrogen-bond donors (Lipinski definition) is 8. The molecule has 6 rings (SSSR count). The molecule has 0 spiro atoms. The van der Waals surface area contributed by atoms with Crippen molar-refractivity contribution in [1.29, 1.82) is 0 Å². The van der Waals surface area contributed by atoms with E-state index in [0.717, 1.165) is 109 Å². The average molecular weight is 1010 g/mol. The van der Waals surface area contributed by atoms with Crippen molar-refractivity contribution < 1.29 is 51.7 Å². The lowest BCUT2D eigenvalue weighted by molar-refractivity contribution is 0.101. The highest BCUT2D eigenvalue weighted by atomic mass is 32.3. The standard InChI is InChI=1S/2C22H24FN5O3S.H2O4S/c2*1-14-19(20(24)28-22(25)26-14)8-3-2-5-15-9-11-17(12-10-15)27-21(29)16-6-4-7-18(13-16)32(23,30)31;1-5(2,3)4/h2*4,6-7,9-13H,2-3,5,8H2,1H3,(H,27,29)(H4,24,25,26,28);(H2,1,2,3,4). The molecule has 2 amide bonds. The number of nitrogens with one attached hydrogen (secondary N) is 2. The van der Waals surface area contributed by atoms with Gasteiger partial charge in [0.05, 0.1) is 9.79 Å². The van der Waals surface area contributed by atoms with Gasteiger partial charge >= 0.3 is 30.8 Å². The van der Waals surface area contributed by atoms with Gasteiger partial charge in [0.1, 0.15) is 11.6 Å². The smallest absolute Gasteiger partial charge is 0.383 e. The van der Waals surface area contributed by atoms with Gasteiger partial charge in [0.15, 0.2) is 0 Å². The van der Waals surface area contributed by atoms with Gasteiger partial charge in [-0.05, 0) is 137 Å². The van der Waals surface area contributed by atoms with Gasteiger partial charge in [-0.2, -0.15) is 35.2 Å². The summed E-state index contributed by atoms with van der Waals surface area (Å²) in [6.07, 6.45) is 6.90. The van der Waals surface area contributed by atoms with Crippen LogP contribution in [-0.4, -0.2) is 66.1 Å². The Morgan fingerprint density at radius 2 is 0.841 bits per heavy atom. The van der Waals surface area contributed by atoms with Crippen LogP contribution in [0.5, 0.6) is 0 Å². The van der Waals surface area contributed by atoms with Gasteiger partial charge in [0.25, 0.3) is 11.8 Å². The second kappa shape index (κ2) is 24.2. The van der Waals surface area contributed by atoms with Crippen molar-refractivity contribution in [3.05, 3.63) is 142 Å². The van der Waals surface area contributed by atoms with Crippen molar-refractivity contribution in [2.24, 2.45) is 0 Å². The normalized spacial score (nSPS) is 11.3. The third-order valence-corrected chi connectivity index (χ3v) is 11.6. The van der Waals surface area contributed by atoms with Gasteiger partial charge in [-0.3, -0.25) is 18.7 Å². The van der Waals surface area contributed by atoms with Gasteiger partial charge in [-0.15, -0.1) is 7.77 Å². The molecule has 12 N–H and O–H groups in total. The number of anilines is 6. The van der Waals surface area contributed by atoms with Crippen molar-refractivity contribution in [2.45, 2.75) is 75.0 Å². The van der Waals surface area contributed by atoms with E-state index in [0.29, 0.717) is 23.0 Å². The van der Waals surface area contributed by atoms with Crippen LogP contribution in [0.25, 0.3) is 0 Å². The van der Waals surface area contributed by atoms with Crippen LogP contribution in [0.3, 0.4) is 0 Å². The van der Waals surface area contributed by atoms with Gasteiger partial charge in [0.2, 0.25) is 11.9 Å². The largest absolute Gasteiger partial charge is 0.394 e. The van der Waals surface area contributed by atoms with Crippen LogP contribution in [0.4, 0.5) is 42.7 Å². The van der Waals surface area contributed by atoms with Crippen LogP contribution in [0.15, 0.2) is 107 Å². The Labute approximate surface area is 398 Å². The fourth-order valence-electron chi connectivity index (χ4n) is 6.65. The highest BCUT2D eigenvalue weighted by molar-refractivity contribution is 7.86. The van der Waals surface area contributed by atoms with Gasteiger partial charge in [-0.25, -0.2) is 9.97 Å². The summed E-state index contributed by atoms with van der Waals surface area (Å²) in [5.41, 5.74) is 29.9. The van der Waals surface area contributed by atoms with E-state index in [1.165, 1.54) is 24.3 Å². The number of unbranched alkanes of at least 4 members (excludes halogenated alkanes) is 2. The molecule has 0 atom stereocenters. The molecule has 20 nitrogen and oxygen atoms in total. The quantitative estimate of drug-likeness (QED) is 0.0304. The molecule has 0 saturated carbocycles. The Hall–Kier alpha value is -7.19. The molecule has 69 heavy (non-hydrogen) atoms. The number of rotatable bonds is 16. The summed E-state index contributed by atoms with van der Waals surface area (Å²) in [6.45, 7) is 3.73. The first-order chi connectivity index (χ1) is 32.3. The van der Waals surface area contributed by atoms with E-state index in [1.54, 1.807) is 24.3 Å². The Balaban J connectivity index is 0.000000274. The minimum Gasteiger partial charge on any atom is -0.383 e. The maximum absolute atomic E-state index is 13.1. The number of hydrogen-bond acceptors (Lipinski definition) is 16. The number of carbonyl (C=O) groups is 2. The fraction of sp³-hybridized carbons (Fsp3) is 0.227. The molecule has 368 valence electrons. The van der Waals surface area contributed by atoms with E-state index < -0.39 is 52.5 Å². The van der Waals surface area contributed by atoms with Crippen LogP contribution in [0.2, 0.25) is 0 Å². The van der Waals surface area contributed by atoms with Crippen LogP contribution in [0.1, 0.15) is 80.0 Å². The lowest BCUT2D eigenvalue weighted by atomic mass is 10.0. The number of amides is 2. The topological polar surface area (TPSA) is 357 Å². The second-order valence-corrected chi connectivity index (χ2v) is 18.7. The molecule has 0 radical (unpaired) electrons. The highest BCUT2D eigenvalue weighted by Crippen LogP contribution is 2.22. The zero-order valence-corrected chi connectivity index (χ0v) is 39.6. The highest BCUT2D eigenvalue weighted by Gasteiger charge is 2.17. The molecule has 0 aliphatic heterocycles. The predicted octanol–water partition coefficient (Wildman–Crippen LogP) is 6.20. The molecule has 0 aliphatic rings.